The summed E-state index contributed by atoms with van der Waals surface area (Å²) in [7, 11) is 1.85. The molecule has 2 atom stereocenters. The predicted octanol–water partition coefficient (Wildman–Crippen LogP) is 4.68. The average Bonchev–Trinajstić information content (AvgIpc) is 2.42. The molecule has 0 amide bonds. The van der Waals surface area contributed by atoms with E-state index in [1.165, 1.54) is 24.2 Å². The lowest BCUT2D eigenvalue weighted by Gasteiger charge is -2.42. The molecule has 2 rings (SSSR count). The van der Waals surface area contributed by atoms with Gasteiger partial charge in [0, 0.05) is 17.3 Å². The molecular formula is C16H22OS. The minimum Gasteiger partial charge on any atom is -0.377 e. The first-order valence-corrected chi connectivity index (χ1v) is 7.56. The van der Waals surface area contributed by atoms with Crippen LogP contribution in [0.2, 0.25) is 0 Å². The van der Waals surface area contributed by atoms with Crippen molar-refractivity contribution in [1.82, 2.24) is 0 Å². The smallest absolute Gasteiger partial charge is 0.0834 e. The molecule has 0 N–H and O–H groups in total. The second kappa shape index (κ2) is 6.44. The molecular weight excluding hydrogens is 240 g/mol. The van der Waals surface area contributed by atoms with Crippen LogP contribution in [0, 0.1) is 0 Å². The third-order valence-electron chi connectivity index (χ3n) is 3.82. The van der Waals surface area contributed by atoms with Gasteiger partial charge in [-0.25, -0.2) is 0 Å². The summed E-state index contributed by atoms with van der Waals surface area (Å²) in [5.74, 6) is 0. The molecule has 0 aliphatic heterocycles. The first kappa shape index (κ1) is 13.7. The topological polar surface area (TPSA) is 9.23 Å². The zero-order valence-electron chi connectivity index (χ0n) is 11.1. The van der Waals surface area contributed by atoms with Crippen LogP contribution in [0.4, 0.5) is 0 Å². The Bertz CT molecular complexity index is 376. The molecule has 2 heteroatoms. The van der Waals surface area contributed by atoms with Crippen LogP contribution in [0.25, 0.3) is 0 Å². The highest BCUT2D eigenvalue weighted by molar-refractivity contribution is 8.00. The van der Waals surface area contributed by atoms with Gasteiger partial charge in [-0.3, -0.25) is 0 Å². The Hall–Kier alpha value is -0.730. The van der Waals surface area contributed by atoms with Crippen LogP contribution in [-0.2, 0) is 4.74 Å². The van der Waals surface area contributed by atoms with Crippen LogP contribution in [0.3, 0.4) is 0 Å². The second-order valence-electron chi connectivity index (χ2n) is 4.93. The Morgan fingerprint density at radius 3 is 2.83 bits per heavy atom. The van der Waals surface area contributed by atoms with Crippen molar-refractivity contribution < 1.29 is 4.74 Å². The van der Waals surface area contributed by atoms with E-state index in [0.29, 0.717) is 5.25 Å². The minimum atomic E-state index is -0.0134. The standard InChI is InChI=1S/C16H22OS/c1-3-12-16(17-2)13-8-7-11-15(16)18-14-9-5-4-6-10-14/h3-6,9-10,15H,1,7-8,11-13H2,2H3/t15-,16+/m0/s1. The third-order valence-corrected chi connectivity index (χ3v) is 5.32. The maximum atomic E-state index is 5.91. The van der Waals surface area contributed by atoms with E-state index in [2.05, 4.69) is 36.9 Å². The van der Waals surface area contributed by atoms with Crippen LogP contribution < -0.4 is 0 Å². The summed E-state index contributed by atoms with van der Waals surface area (Å²) in [5, 5.41) is 0.539. The lowest BCUT2D eigenvalue weighted by Crippen LogP contribution is -2.44. The largest absolute Gasteiger partial charge is 0.377 e. The molecule has 0 heterocycles. The van der Waals surface area contributed by atoms with E-state index < -0.39 is 0 Å². The van der Waals surface area contributed by atoms with E-state index in [9.17, 15) is 0 Å². The Morgan fingerprint density at radius 2 is 2.17 bits per heavy atom. The van der Waals surface area contributed by atoms with Crippen molar-refractivity contribution in [3.05, 3.63) is 43.0 Å². The van der Waals surface area contributed by atoms with Gasteiger partial charge in [0.2, 0.25) is 0 Å². The van der Waals surface area contributed by atoms with Gasteiger partial charge in [0.1, 0.15) is 0 Å². The molecule has 0 unspecified atom stereocenters. The number of methoxy groups -OCH3 is 1. The molecule has 0 radical (unpaired) electrons. The van der Waals surface area contributed by atoms with Gasteiger partial charge in [-0.1, -0.05) is 37.1 Å². The fourth-order valence-electron chi connectivity index (χ4n) is 2.80. The van der Waals surface area contributed by atoms with E-state index >= 15 is 0 Å². The highest BCUT2D eigenvalue weighted by Gasteiger charge is 2.40. The molecule has 0 bridgehead atoms. The summed E-state index contributed by atoms with van der Waals surface area (Å²) in [6.45, 7) is 3.90. The van der Waals surface area contributed by atoms with Crippen molar-refractivity contribution in [3.63, 3.8) is 0 Å². The highest BCUT2D eigenvalue weighted by Crippen LogP contribution is 2.43. The van der Waals surface area contributed by atoms with Crippen LogP contribution in [-0.4, -0.2) is 18.0 Å². The van der Waals surface area contributed by atoms with Crippen LogP contribution in [0.5, 0.6) is 0 Å². The van der Waals surface area contributed by atoms with E-state index in [-0.39, 0.29) is 5.60 Å². The van der Waals surface area contributed by atoms with Gasteiger partial charge in [-0.2, -0.15) is 0 Å². The van der Waals surface area contributed by atoms with Crippen LogP contribution in [0.1, 0.15) is 32.1 Å². The Kier molecular flexibility index (Phi) is 4.90. The Labute approximate surface area is 115 Å². The first-order valence-electron chi connectivity index (χ1n) is 6.68. The molecule has 1 aromatic carbocycles. The van der Waals surface area contributed by atoms with Crippen LogP contribution in [0.15, 0.2) is 47.9 Å². The molecule has 0 saturated heterocycles. The predicted molar refractivity (Wildman–Crippen MR) is 79.1 cm³/mol. The summed E-state index contributed by atoms with van der Waals surface area (Å²) in [6.07, 6.45) is 7.93. The number of benzene rings is 1. The van der Waals surface area contributed by atoms with Crippen molar-refractivity contribution >= 4 is 11.8 Å². The lowest BCUT2D eigenvalue weighted by molar-refractivity contribution is -0.0308. The zero-order chi connectivity index (χ0) is 12.8. The van der Waals surface area contributed by atoms with Gasteiger partial charge >= 0.3 is 0 Å². The first-order chi connectivity index (χ1) is 8.80. The van der Waals surface area contributed by atoms with Crippen molar-refractivity contribution in [2.75, 3.05) is 7.11 Å². The minimum absolute atomic E-state index is 0.0134. The van der Waals surface area contributed by atoms with Gasteiger partial charge in [0.05, 0.1) is 5.60 Å². The number of hydrogen-bond acceptors (Lipinski definition) is 2. The molecule has 1 aliphatic rings. The van der Waals surface area contributed by atoms with E-state index in [1.807, 2.05) is 24.9 Å². The van der Waals surface area contributed by atoms with Crippen molar-refractivity contribution in [2.24, 2.45) is 0 Å². The Morgan fingerprint density at radius 1 is 1.39 bits per heavy atom. The lowest BCUT2D eigenvalue weighted by atomic mass is 9.81. The molecule has 1 aliphatic carbocycles. The van der Waals surface area contributed by atoms with E-state index in [1.54, 1.807) is 0 Å². The Balaban J connectivity index is 2.14. The van der Waals surface area contributed by atoms with Gasteiger partial charge in [-0.05, 0) is 31.4 Å². The molecule has 0 aromatic heterocycles. The van der Waals surface area contributed by atoms with Crippen LogP contribution >= 0.6 is 11.8 Å². The highest BCUT2D eigenvalue weighted by atomic mass is 32.2. The van der Waals surface area contributed by atoms with E-state index in [0.717, 1.165) is 12.8 Å². The number of rotatable bonds is 5. The summed E-state index contributed by atoms with van der Waals surface area (Å²) in [4.78, 5) is 1.34. The zero-order valence-corrected chi connectivity index (χ0v) is 11.9. The fourth-order valence-corrected chi connectivity index (χ4v) is 4.25. The fraction of sp³-hybridized carbons (Fsp3) is 0.500. The average molecular weight is 262 g/mol. The van der Waals surface area contributed by atoms with Gasteiger partial charge < -0.3 is 4.74 Å². The number of thioether (sulfide) groups is 1. The molecule has 1 fully saturated rings. The van der Waals surface area contributed by atoms with Gasteiger partial charge in [0.25, 0.3) is 0 Å². The van der Waals surface area contributed by atoms with Gasteiger partial charge in [0.15, 0.2) is 0 Å². The molecule has 98 valence electrons. The van der Waals surface area contributed by atoms with Crippen molar-refractivity contribution in [2.45, 2.75) is 47.9 Å². The normalized spacial score (nSPS) is 27.9. The molecule has 1 saturated carbocycles. The van der Waals surface area contributed by atoms with E-state index in [4.69, 9.17) is 4.74 Å². The maximum absolute atomic E-state index is 5.91. The molecule has 18 heavy (non-hydrogen) atoms. The molecule has 0 spiro atoms. The third kappa shape index (κ3) is 2.99. The summed E-state index contributed by atoms with van der Waals surface area (Å²) in [6, 6.07) is 10.7. The molecule has 1 nitrogen and oxygen atoms in total. The monoisotopic (exact) mass is 262 g/mol. The van der Waals surface area contributed by atoms with Crippen molar-refractivity contribution in [3.8, 4) is 0 Å². The molecule has 1 aromatic rings. The number of ether oxygens (including phenoxy) is 1. The number of hydrogen-bond donors (Lipinski definition) is 0. The quantitative estimate of drug-likeness (QED) is 0.712. The SMILES string of the molecule is C=CC[C@@]1(OC)CCCC[C@@H]1Sc1ccccc1. The summed E-state index contributed by atoms with van der Waals surface area (Å²) < 4.78 is 5.91. The summed E-state index contributed by atoms with van der Waals surface area (Å²) >= 11 is 1.96. The second-order valence-corrected chi connectivity index (χ2v) is 6.20. The van der Waals surface area contributed by atoms with Gasteiger partial charge in [-0.15, -0.1) is 18.3 Å². The summed E-state index contributed by atoms with van der Waals surface area (Å²) in [5.41, 5.74) is -0.0134. The maximum Gasteiger partial charge on any atom is 0.0834 e. The van der Waals surface area contributed by atoms with Crippen molar-refractivity contribution in [1.29, 1.82) is 0 Å².